The molecular weight excluding hydrogens is 732 g/mol. The van der Waals surface area contributed by atoms with Crippen molar-refractivity contribution >= 4 is 40.3 Å². The van der Waals surface area contributed by atoms with Gasteiger partial charge in [-0.05, 0) is 86.0 Å². The average molecular weight is 779 g/mol. The Morgan fingerprint density at radius 3 is 2.32 bits per heavy atom. The number of unbranched alkanes of at least 4 members (excludes halogenated alkanes) is 1. The van der Waals surface area contributed by atoms with Crippen LogP contribution >= 0.6 is 0 Å². The second kappa shape index (κ2) is 16.6. The van der Waals surface area contributed by atoms with Crippen molar-refractivity contribution in [3.63, 3.8) is 0 Å². The highest BCUT2D eigenvalue weighted by Gasteiger charge is 2.44. The number of carbonyl (C=O) groups is 5. The highest BCUT2D eigenvalue weighted by Crippen LogP contribution is 2.38. The number of rotatable bonds is 13. The molecule has 15 heteroatoms. The van der Waals surface area contributed by atoms with Gasteiger partial charge >= 0.3 is 0 Å². The van der Waals surface area contributed by atoms with Crippen molar-refractivity contribution in [1.29, 1.82) is 0 Å². The highest BCUT2D eigenvalue weighted by atomic mass is 16.5. The van der Waals surface area contributed by atoms with Crippen molar-refractivity contribution in [2.45, 2.75) is 63.6 Å². The highest BCUT2D eigenvalue weighted by molar-refractivity contribution is 6.23. The van der Waals surface area contributed by atoms with Gasteiger partial charge in [-0.25, -0.2) is 0 Å². The Labute approximate surface area is 329 Å². The third-order valence-electron chi connectivity index (χ3n) is 11.1. The van der Waals surface area contributed by atoms with Crippen LogP contribution in [0.25, 0.3) is 21.9 Å². The van der Waals surface area contributed by atoms with E-state index in [0.717, 1.165) is 72.3 Å². The standard InChI is InChI=1S/C42H46N6O9/c1-45(24-33-35(55-3)19-25(20-36(33)56-4)32-23-46(2)40(52)31-22-43-15-12-28(31)32)38(50)7-5-6-16-47-17-13-26(14-18-47)57-27-8-9-29-30(21-27)42(54)48(41(29)53)34-10-11-37(49)44-39(34)51/h8-9,12,15,19-23,26,34H,5-7,10-11,13-14,16-18,24H2,1-4H3,(H,44,49,51). The molecule has 0 spiro atoms. The number of fused-ring (bicyclic) bond motifs is 2. The Morgan fingerprint density at radius 1 is 0.895 bits per heavy atom. The summed E-state index contributed by atoms with van der Waals surface area (Å²) in [7, 11) is 6.65. The lowest BCUT2D eigenvalue weighted by Gasteiger charge is -2.32. The fourth-order valence-electron chi connectivity index (χ4n) is 7.93. The number of ether oxygens (including phenoxy) is 3. The number of likely N-dealkylation sites (tertiary alicyclic amines) is 1. The van der Waals surface area contributed by atoms with Crippen LogP contribution in [0.5, 0.6) is 17.2 Å². The number of nitrogens with one attached hydrogen (secondary N) is 1. The monoisotopic (exact) mass is 778 g/mol. The van der Waals surface area contributed by atoms with Gasteiger partial charge in [0.2, 0.25) is 17.7 Å². The van der Waals surface area contributed by atoms with Gasteiger partial charge in [0, 0.05) is 64.2 Å². The number of hydrogen-bond donors (Lipinski definition) is 1. The van der Waals surface area contributed by atoms with Gasteiger partial charge in [0.15, 0.2) is 0 Å². The molecule has 0 aliphatic carbocycles. The maximum absolute atomic E-state index is 13.3. The van der Waals surface area contributed by atoms with E-state index in [9.17, 15) is 28.8 Å². The minimum Gasteiger partial charge on any atom is -0.496 e. The number of aromatic nitrogens is 2. The topological polar surface area (TPSA) is 170 Å². The van der Waals surface area contributed by atoms with Gasteiger partial charge < -0.3 is 28.6 Å². The molecule has 2 saturated heterocycles. The zero-order valence-corrected chi connectivity index (χ0v) is 32.5. The molecule has 4 aromatic rings. The van der Waals surface area contributed by atoms with Crippen LogP contribution in [-0.2, 0) is 28.0 Å². The molecule has 2 aromatic heterocycles. The normalized spacial score (nSPS) is 17.5. The fourth-order valence-corrected chi connectivity index (χ4v) is 7.93. The van der Waals surface area contributed by atoms with Gasteiger partial charge in [-0.1, -0.05) is 0 Å². The molecule has 1 N–H and O–H groups in total. The molecular formula is C42H46N6O9. The van der Waals surface area contributed by atoms with Crippen LogP contribution < -0.4 is 25.1 Å². The molecule has 57 heavy (non-hydrogen) atoms. The minimum absolute atomic E-state index is 0.0154. The maximum atomic E-state index is 13.3. The first kappa shape index (κ1) is 39.2. The number of benzene rings is 2. The van der Waals surface area contributed by atoms with E-state index >= 15 is 0 Å². The number of amides is 5. The summed E-state index contributed by atoms with van der Waals surface area (Å²) in [4.78, 5) is 85.3. The van der Waals surface area contributed by atoms with E-state index in [2.05, 4.69) is 15.2 Å². The van der Waals surface area contributed by atoms with Gasteiger partial charge in [0.05, 0.1) is 42.8 Å². The molecule has 3 aliphatic heterocycles. The molecule has 5 heterocycles. The van der Waals surface area contributed by atoms with Gasteiger partial charge in [0.25, 0.3) is 17.4 Å². The summed E-state index contributed by atoms with van der Waals surface area (Å²) in [6, 6.07) is 9.41. The Kier molecular flexibility index (Phi) is 11.4. The molecule has 3 aliphatic rings. The second-order valence-corrected chi connectivity index (χ2v) is 14.8. The number of piperidine rings is 2. The number of imide groups is 2. The van der Waals surface area contributed by atoms with Crippen LogP contribution in [0.15, 0.2) is 59.8 Å². The summed E-state index contributed by atoms with van der Waals surface area (Å²) in [6.45, 7) is 2.80. The SMILES string of the molecule is COc1cc(-c2cn(C)c(=O)c3cnccc23)cc(OC)c1CN(C)C(=O)CCCCN1CCC(Oc2ccc3c(c2)C(=O)N(C2CCC(=O)NC2=O)C3=O)CC1. The number of carbonyl (C=O) groups excluding carboxylic acids is 5. The fraction of sp³-hybridized carbons (Fsp3) is 0.405. The number of aryl methyl sites for hydroxylation is 1. The van der Waals surface area contributed by atoms with E-state index in [4.69, 9.17) is 14.2 Å². The Morgan fingerprint density at radius 2 is 1.61 bits per heavy atom. The van der Waals surface area contributed by atoms with Crippen molar-refractivity contribution in [3.8, 4) is 28.4 Å². The summed E-state index contributed by atoms with van der Waals surface area (Å²) < 4.78 is 19.4. The third-order valence-corrected chi connectivity index (χ3v) is 11.1. The first-order valence-corrected chi connectivity index (χ1v) is 19.1. The van der Waals surface area contributed by atoms with Gasteiger partial charge in [0.1, 0.15) is 29.4 Å². The lowest BCUT2D eigenvalue weighted by Crippen LogP contribution is -2.54. The molecule has 2 fully saturated rings. The summed E-state index contributed by atoms with van der Waals surface area (Å²) >= 11 is 0. The lowest BCUT2D eigenvalue weighted by molar-refractivity contribution is -0.136. The first-order chi connectivity index (χ1) is 27.5. The van der Waals surface area contributed by atoms with Crippen LogP contribution in [0.3, 0.4) is 0 Å². The molecule has 15 nitrogen and oxygen atoms in total. The number of hydrogen-bond acceptors (Lipinski definition) is 11. The molecule has 0 radical (unpaired) electrons. The van der Waals surface area contributed by atoms with Crippen LogP contribution in [0, 0.1) is 0 Å². The summed E-state index contributed by atoms with van der Waals surface area (Å²) in [6.07, 6.45) is 8.68. The molecule has 1 unspecified atom stereocenters. The average Bonchev–Trinajstić information content (AvgIpc) is 3.46. The number of pyridine rings is 2. The van der Waals surface area contributed by atoms with E-state index in [1.807, 2.05) is 18.2 Å². The molecule has 7 rings (SSSR count). The van der Waals surface area contributed by atoms with E-state index in [-0.39, 0.29) is 41.5 Å². The van der Waals surface area contributed by atoms with Gasteiger partial charge in [-0.3, -0.25) is 44.0 Å². The van der Waals surface area contributed by atoms with Crippen molar-refractivity contribution in [3.05, 3.63) is 82.0 Å². The number of nitrogens with zero attached hydrogens (tertiary/aromatic N) is 5. The smallest absolute Gasteiger partial charge is 0.262 e. The van der Waals surface area contributed by atoms with Crippen molar-refractivity contribution < 1.29 is 38.2 Å². The van der Waals surface area contributed by atoms with E-state index in [0.29, 0.717) is 35.6 Å². The summed E-state index contributed by atoms with van der Waals surface area (Å²) in [5.41, 5.74) is 2.66. The Balaban J connectivity index is 0.879. The first-order valence-electron chi connectivity index (χ1n) is 19.1. The lowest BCUT2D eigenvalue weighted by atomic mass is 9.99. The zero-order valence-electron chi connectivity index (χ0n) is 32.5. The van der Waals surface area contributed by atoms with Crippen LogP contribution in [0.2, 0.25) is 0 Å². The van der Waals surface area contributed by atoms with Crippen LogP contribution in [0.1, 0.15) is 71.2 Å². The predicted octanol–water partition coefficient (Wildman–Crippen LogP) is 3.69. The zero-order chi connectivity index (χ0) is 40.4. The summed E-state index contributed by atoms with van der Waals surface area (Å²) in [5, 5.41) is 3.49. The van der Waals surface area contributed by atoms with Crippen molar-refractivity contribution in [2.24, 2.45) is 7.05 Å². The van der Waals surface area contributed by atoms with Gasteiger partial charge in [-0.2, -0.15) is 0 Å². The summed E-state index contributed by atoms with van der Waals surface area (Å²) in [5.74, 6) is -0.515. The predicted molar refractivity (Wildman–Crippen MR) is 209 cm³/mol. The van der Waals surface area contributed by atoms with E-state index < -0.39 is 29.7 Å². The largest absolute Gasteiger partial charge is 0.496 e. The molecule has 298 valence electrons. The van der Waals surface area contributed by atoms with Crippen LogP contribution in [0.4, 0.5) is 0 Å². The molecule has 5 amide bonds. The Hall–Kier alpha value is -6.09. The maximum Gasteiger partial charge on any atom is 0.262 e. The molecule has 0 bridgehead atoms. The quantitative estimate of drug-likeness (QED) is 0.155. The minimum atomic E-state index is -1.01. The molecule has 2 aromatic carbocycles. The van der Waals surface area contributed by atoms with Crippen LogP contribution in [-0.4, -0.2) is 107 Å². The Bertz CT molecular complexity index is 2290. The van der Waals surface area contributed by atoms with Crippen molar-refractivity contribution in [2.75, 3.05) is 40.9 Å². The van der Waals surface area contributed by atoms with Crippen molar-refractivity contribution in [1.82, 2.24) is 29.6 Å². The third kappa shape index (κ3) is 7.97. The molecule has 0 saturated carbocycles. The second-order valence-electron chi connectivity index (χ2n) is 14.8. The number of methoxy groups -OCH3 is 2. The molecule has 1 atom stereocenters. The van der Waals surface area contributed by atoms with Gasteiger partial charge in [-0.15, -0.1) is 0 Å². The van der Waals surface area contributed by atoms with E-state index in [1.54, 1.807) is 70.0 Å². The van der Waals surface area contributed by atoms with E-state index in [1.165, 1.54) is 4.57 Å².